The van der Waals surface area contributed by atoms with Gasteiger partial charge in [0.25, 0.3) is 0 Å². The molecule has 2 aromatic rings. The van der Waals surface area contributed by atoms with Crippen molar-refractivity contribution in [2.24, 2.45) is 7.05 Å². The number of hydrogen-bond acceptors (Lipinski definition) is 3. The molecule has 2 heterocycles. The Labute approximate surface area is 133 Å². The van der Waals surface area contributed by atoms with Crippen molar-refractivity contribution in [3.8, 4) is 6.07 Å². The van der Waals surface area contributed by atoms with Crippen LogP contribution in [0.15, 0.2) is 35.1 Å². The average Bonchev–Trinajstić information content (AvgIpc) is 3.10. The lowest BCUT2D eigenvalue weighted by Crippen LogP contribution is -2.20. The Balaban J connectivity index is 1.69. The van der Waals surface area contributed by atoms with Gasteiger partial charge in [-0.25, -0.2) is 0 Å². The Morgan fingerprint density at radius 1 is 1.48 bits per heavy atom. The van der Waals surface area contributed by atoms with Crippen molar-refractivity contribution in [1.29, 1.82) is 5.26 Å². The molecule has 0 spiro atoms. The SMILES string of the molecule is Cn1cc(C2CCN(Cc3cc(C#N)ccc3Br)C2)cn1. The predicted molar refractivity (Wildman–Crippen MR) is 84.7 cm³/mol. The van der Waals surface area contributed by atoms with Gasteiger partial charge in [-0.3, -0.25) is 9.58 Å². The van der Waals surface area contributed by atoms with Gasteiger partial charge >= 0.3 is 0 Å². The lowest BCUT2D eigenvalue weighted by Gasteiger charge is -2.17. The third-order valence-corrected chi connectivity index (χ3v) is 4.81. The van der Waals surface area contributed by atoms with Crippen molar-refractivity contribution in [1.82, 2.24) is 14.7 Å². The van der Waals surface area contributed by atoms with Gasteiger partial charge in [0.15, 0.2) is 0 Å². The molecule has 1 atom stereocenters. The van der Waals surface area contributed by atoms with E-state index in [9.17, 15) is 0 Å². The normalized spacial score (nSPS) is 18.8. The van der Waals surface area contributed by atoms with Crippen LogP contribution in [0.5, 0.6) is 0 Å². The molecule has 21 heavy (non-hydrogen) atoms. The predicted octanol–water partition coefficient (Wildman–Crippen LogP) is 3.04. The highest BCUT2D eigenvalue weighted by Gasteiger charge is 2.25. The molecule has 1 fully saturated rings. The zero-order chi connectivity index (χ0) is 14.8. The maximum Gasteiger partial charge on any atom is 0.0991 e. The quantitative estimate of drug-likeness (QED) is 0.859. The van der Waals surface area contributed by atoms with Crippen LogP contribution in [0.2, 0.25) is 0 Å². The molecule has 108 valence electrons. The molecule has 0 N–H and O–H groups in total. The van der Waals surface area contributed by atoms with Crippen LogP contribution in [0.1, 0.15) is 29.0 Å². The van der Waals surface area contributed by atoms with Crippen LogP contribution in [-0.4, -0.2) is 27.8 Å². The van der Waals surface area contributed by atoms with Gasteiger partial charge in [-0.2, -0.15) is 10.4 Å². The van der Waals surface area contributed by atoms with Gasteiger partial charge in [0, 0.05) is 36.7 Å². The summed E-state index contributed by atoms with van der Waals surface area (Å²) in [7, 11) is 1.96. The zero-order valence-electron chi connectivity index (χ0n) is 12.0. The minimum absolute atomic E-state index is 0.566. The number of aromatic nitrogens is 2. The highest BCUT2D eigenvalue weighted by molar-refractivity contribution is 9.10. The molecule has 0 aliphatic carbocycles. The molecule has 4 nitrogen and oxygen atoms in total. The van der Waals surface area contributed by atoms with Gasteiger partial charge in [0.2, 0.25) is 0 Å². The number of rotatable bonds is 3. The standard InChI is InChI=1S/C16H17BrN4/c1-20-9-15(8-19-20)13-4-5-21(10-13)11-14-6-12(7-18)2-3-16(14)17/h2-3,6,8-9,13H,4-5,10-11H2,1H3. The molecule has 1 saturated heterocycles. The van der Waals surface area contributed by atoms with Crippen molar-refractivity contribution < 1.29 is 0 Å². The summed E-state index contributed by atoms with van der Waals surface area (Å²) < 4.78 is 2.94. The maximum atomic E-state index is 9.02. The largest absolute Gasteiger partial charge is 0.298 e. The second-order valence-corrected chi connectivity index (χ2v) is 6.44. The van der Waals surface area contributed by atoms with Gasteiger partial charge in [-0.05, 0) is 42.3 Å². The fraction of sp³-hybridized carbons (Fsp3) is 0.375. The van der Waals surface area contributed by atoms with E-state index in [1.54, 1.807) is 0 Å². The number of nitrogens with zero attached hydrogens (tertiary/aromatic N) is 4. The summed E-state index contributed by atoms with van der Waals surface area (Å²) in [6.45, 7) is 3.02. The van der Waals surface area contributed by atoms with Crippen molar-refractivity contribution >= 4 is 15.9 Å². The van der Waals surface area contributed by atoms with Gasteiger partial charge < -0.3 is 0 Å². The van der Waals surface area contributed by atoms with Crippen molar-refractivity contribution in [3.05, 3.63) is 51.8 Å². The van der Waals surface area contributed by atoms with Crippen LogP contribution < -0.4 is 0 Å². The van der Waals surface area contributed by atoms with Gasteiger partial charge in [-0.15, -0.1) is 0 Å². The average molecular weight is 345 g/mol. The number of nitriles is 1. The second-order valence-electron chi connectivity index (χ2n) is 5.59. The van der Waals surface area contributed by atoms with E-state index in [4.69, 9.17) is 5.26 Å². The molecule has 1 aromatic heterocycles. The van der Waals surface area contributed by atoms with Crippen molar-refractivity contribution in [3.63, 3.8) is 0 Å². The molecular weight excluding hydrogens is 328 g/mol. The summed E-state index contributed by atoms with van der Waals surface area (Å²) in [5.41, 5.74) is 3.22. The Kier molecular flexibility index (Phi) is 4.09. The smallest absolute Gasteiger partial charge is 0.0991 e. The van der Waals surface area contributed by atoms with Gasteiger partial charge in [0.05, 0.1) is 17.8 Å². The second kappa shape index (κ2) is 6.00. The first kappa shape index (κ1) is 14.3. The summed E-state index contributed by atoms with van der Waals surface area (Å²) in [5, 5.41) is 13.3. The first-order chi connectivity index (χ1) is 10.2. The Hall–Kier alpha value is -1.64. The number of likely N-dealkylation sites (tertiary alicyclic amines) is 1. The molecule has 1 aromatic carbocycles. The van der Waals surface area contributed by atoms with E-state index in [1.807, 2.05) is 36.1 Å². The van der Waals surface area contributed by atoms with E-state index < -0.39 is 0 Å². The zero-order valence-corrected chi connectivity index (χ0v) is 13.5. The molecule has 1 aliphatic heterocycles. The fourth-order valence-corrected chi connectivity index (χ4v) is 3.28. The van der Waals surface area contributed by atoms with Crippen molar-refractivity contribution in [2.45, 2.75) is 18.9 Å². The summed E-state index contributed by atoms with van der Waals surface area (Å²) in [6, 6.07) is 7.98. The number of benzene rings is 1. The van der Waals surface area contributed by atoms with E-state index in [2.05, 4.69) is 38.2 Å². The highest BCUT2D eigenvalue weighted by Crippen LogP contribution is 2.29. The first-order valence-corrected chi connectivity index (χ1v) is 7.84. The van der Waals surface area contributed by atoms with Crippen LogP contribution in [0, 0.1) is 11.3 Å². The number of aryl methyl sites for hydroxylation is 1. The minimum atomic E-state index is 0.566. The minimum Gasteiger partial charge on any atom is -0.298 e. The molecule has 0 radical (unpaired) electrons. The van der Waals surface area contributed by atoms with Crippen LogP contribution in [-0.2, 0) is 13.6 Å². The molecule has 1 aliphatic rings. The third kappa shape index (κ3) is 3.17. The summed E-state index contributed by atoms with van der Waals surface area (Å²) in [4.78, 5) is 2.44. The van der Waals surface area contributed by atoms with E-state index in [1.165, 1.54) is 17.5 Å². The molecule has 3 rings (SSSR count). The topological polar surface area (TPSA) is 44.9 Å². The van der Waals surface area contributed by atoms with E-state index in [0.717, 1.165) is 29.7 Å². The Bertz CT molecular complexity index is 686. The van der Waals surface area contributed by atoms with Crippen LogP contribution >= 0.6 is 15.9 Å². The lowest BCUT2D eigenvalue weighted by molar-refractivity contribution is 0.326. The van der Waals surface area contributed by atoms with Crippen molar-refractivity contribution in [2.75, 3.05) is 13.1 Å². The number of halogens is 1. The highest BCUT2D eigenvalue weighted by atomic mass is 79.9. The molecule has 5 heteroatoms. The van der Waals surface area contributed by atoms with E-state index in [-0.39, 0.29) is 0 Å². The summed E-state index contributed by atoms with van der Waals surface area (Å²) in [6.07, 6.45) is 5.25. The third-order valence-electron chi connectivity index (χ3n) is 4.04. The molecule has 0 bridgehead atoms. The van der Waals surface area contributed by atoms with E-state index >= 15 is 0 Å². The molecule has 0 amide bonds. The fourth-order valence-electron chi connectivity index (χ4n) is 2.91. The van der Waals surface area contributed by atoms with Crippen LogP contribution in [0.3, 0.4) is 0 Å². The Morgan fingerprint density at radius 2 is 2.33 bits per heavy atom. The summed E-state index contributed by atoms with van der Waals surface area (Å²) >= 11 is 3.58. The molecular formula is C16H17BrN4. The van der Waals surface area contributed by atoms with Crippen LogP contribution in [0.4, 0.5) is 0 Å². The Morgan fingerprint density at radius 3 is 3.05 bits per heavy atom. The monoisotopic (exact) mass is 344 g/mol. The number of hydrogen-bond donors (Lipinski definition) is 0. The van der Waals surface area contributed by atoms with Crippen LogP contribution in [0.25, 0.3) is 0 Å². The maximum absolute atomic E-state index is 9.02. The first-order valence-electron chi connectivity index (χ1n) is 7.05. The van der Waals surface area contributed by atoms with Gasteiger partial charge in [-0.1, -0.05) is 15.9 Å². The molecule has 0 saturated carbocycles. The summed E-state index contributed by atoms with van der Waals surface area (Å²) in [5.74, 6) is 0.566. The lowest BCUT2D eigenvalue weighted by atomic mass is 10.0. The molecule has 1 unspecified atom stereocenters. The van der Waals surface area contributed by atoms with E-state index in [0.29, 0.717) is 5.92 Å². The van der Waals surface area contributed by atoms with Gasteiger partial charge in [0.1, 0.15) is 0 Å².